The zero-order valence-electron chi connectivity index (χ0n) is 19.0. The number of nitrogens with zero attached hydrogens (tertiary/aromatic N) is 1. The molecule has 0 aromatic heterocycles. The first-order chi connectivity index (χ1) is 13.8. The largest absolute Gasteiger partial charge is 0.350 e. The number of hydrogen-bond donors (Lipinski definition) is 1. The fourth-order valence-electron chi connectivity index (χ4n) is 6.53. The SMILES string of the molecule is CC(=O)N[C@H]1CCC2(CCN(C3CCC(C(C)(C)C)CC3)CC2)c2ccccc21. The maximum atomic E-state index is 11.7. The van der Waals surface area contributed by atoms with Crippen molar-refractivity contribution in [1.29, 1.82) is 0 Å². The van der Waals surface area contributed by atoms with Gasteiger partial charge in [0.05, 0.1) is 6.04 Å². The molecule has 1 atom stereocenters. The number of hydrogen-bond acceptors (Lipinski definition) is 2. The minimum atomic E-state index is 0.0847. The van der Waals surface area contributed by atoms with Crippen molar-refractivity contribution < 1.29 is 4.79 Å². The Kier molecular flexibility index (Phi) is 5.81. The van der Waals surface area contributed by atoms with Gasteiger partial charge in [-0.3, -0.25) is 4.79 Å². The molecule has 0 unspecified atom stereocenters. The summed E-state index contributed by atoms with van der Waals surface area (Å²) in [6.45, 7) is 11.4. The Morgan fingerprint density at radius 3 is 2.28 bits per heavy atom. The van der Waals surface area contributed by atoms with Crippen molar-refractivity contribution >= 4 is 5.91 Å². The van der Waals surface area contributed by atoms with Gasteiger partial charge in [-0.05, 0) is 92.3 Å². The summed E-state index contributed by atoms with van der Waals surface area (Å²) in [5.74, 6) is 0.979. The minimum Gasteiger partial charge on any atom is -0.350 e. The van der Waals surface area contributed by atoms with E-state index < -0.39 is 0 Å². The molecule has 1 heterocycles. The van der Waals surface area contributed by atoms with Crippen molar-refractivity contribution in [1.82, 2.24) is 10.2 Å². The van der Waals surface area contributed by atoms with E-state index in [0.29, 0.717) is 10.8 Å². The average molecular weight is 397 g/mol. The van der Waals surface area contributed by atoms with Crippen LogP contribution < -0.4 is 5.32 Å². The van der Waals surface area contributed by atoms with Crippen molar-refractivity contribution in [2.45, 2.75) is 96.6 Å². The zero-order valence-corrected chi connectivity index (χ0v) is 19.0. The summed E-state index contributed by atoms with van der Waals surface area (Å²) in [4.78, 5) is 14.5. The quantitative estimate of drug-likeness (QED) is 0.706. The first-order valence-corrected chi connectivity index (χ1v) is 11.9. The summed E-state index contributed by atoms with van der Waals surface area (Å²) in [6, 6.07) is 9.91. The maximum absolute atomic E-state index is 11.7. The highest BCUT2D eigenvalue weighted by Crippen LogP contribution is 2.49. The first-order valence-electron chi connectivity index (χ1n) is 11.9. The van der Waals surface area contributed by atoms with Gasteiger partial charge in [0.2, 0.25) is 5.91 Å². The van der Waals surface area contributed by atoms with E-state index in [0.717, 1.165) is 18.4 Å². The predicted molar refractivity (Wildman–Crippen MR) is 120 cm³/mol. The molecule has 3 heteroatoms. The van der Waals surface area contributed by atoms with Gasteiger partial charge in [0, 0.05) is 13.0 Å². The van der Waals surface area contributed by atoms with Crippen LogP contribution in [0.4, 0.5) is 0 Å². The van der Waals surface area contributed by atoms with Crippen LogP contribution in [0.1, 0.15) is 96.2 Å². The van der Waals surface area contributed by atoms with Crippen LogP contribution in [0.2, 0.25) is 0 Å². The lowest BCUT2D eigenvalue weighted by atomic mass is 9.63. The third-order valence-electron chi connectivity index (χ3n) is 8.39. The van der Waals surface area contributed by atoms with E-state index in [-0.39, 0.29) is 11.9 Å². The highest BCUT2D eigenvalue weighted by Gasteiger charge is 2.43. The summed E-state index contributed by atoms with van der Waals surface area (Å²) in [5, 5.41) is 3.19. The zero-order chi connectivity index (χ0) is 20.6. The molecular formula is C26H40N2O. The smallest absolute Gasteiger partial charge is 0.217 e. The number of nitrogens with one attached hydrogen (secondary N) is 1. The Morgan fingerprint density at radius 1 is 1.00 bits per heavy atom. The Hall–Kier alpha value is -1.35. The molecular weight excluding hydrogens is 356 g/mol. The van der Waals surface area contributed by atoms with Gasteiger partial charge >= 0.3 is 0 Å². The van der Waals surface area contributed by atoms with Gasteiger partial charge in [-0.25, -0.2) is 0 Å². The number of rotatable bonds is 2. The Morgan fingerprint density at radius 2 is 1.66 bits per heavy atom. The molecule has 0 radical (unpaired) electrons. The van der Waals surface area contributed by atoms with Crippen molar-refractivity contribution in [3.8, 4) is 0 Å². The predicted octanol–water partition coefficient (Wildman–Crippen LogP) is 5.60. The second kappa shape index (κ2) is 8.06. The van der Waals surface area contributed by atoms with E-state index in [4.69, 9.17) is 0 Å². The van der Waals surface area contributed by atoms with E-state index in [2.05, 4.69) is 55.3 Å². The lowest BCUT2D eigenvalue weighted by Crippen LogP contribution is -2.50. The van der Waals surface area contributed by atoms with Crippen LogP contribution in [0.3, 0.4) is 0 Å². The molecule has 1 N–H and O–H groups in total. The molecule has 0 bridgehead atoms. The highest BCUT2D eigenvalue weighted by atomic mass is 16.1. The van der Waals surface area contributed by atoms with Crippen LogP contribution in [0.15, 0.2) is 24.3 Å². The molecule has 2 fully saturated rings. The van der Waals surface area contributed by atoms with Gasteiger partial charge in [0.15, 0.2) is 0 Å². The fourth-order valence-corrected chi connectivity index (χ4v) is 6.53. The molecule has 2 aliphatic carbocycles. The number of amides is 1. The lowest BCUT2D eigenvalue weighted by Gasteiger charge is -2.50. The number of carbonyl (C=O) groups excluding carboxylic acids is 1. The molecule has 29 heavy (non-hydrogen) atoms. The minimum absolute atomic E-state index is 0.0847. The van der Waals surface area contributed by atoms with E-state index in [1.54, 1.807) is 6.92 Å². The summed E-state index contributed by atoms with van der Waals surface area (Å²) in [6.07, 6.45) is 10.4. The summed E-state index contributed by atoms with van der Waals surface area (Å²) >= 11 is 0. The first kappa shape index (κ1) is 20.9. The van der Waals surface area contributed by atoms with E-state index in [1.165, 1.54) is 69.2 Å². The van der Waals surface area contributed by atoms with Crippen molar-refractivity contribution in [3.05, 3.63) is 35.4 Å². The summed E-state index contributed by atoms with van der Waals surface area (Å²) in [5.41, 5.74) is 3.67. The molecule has 1 aliphatic heterocycles. The molecule has 1 spiro atoms. The van der Waals surface area contributed by atoms with Crippen LogP contribution in [0, 0.1) is 11.3 Å². The molecule has 4 rings (SSSR count). The molecule has 3 nitrogen and oxygen atoms in total. The molecule has 1 saturated carbocycles. The van der Waals surface area contributed by atoms with Crippen LogP contribution in [-0.4, -0.2) is 29.9 Å². The van der Waals surface area contributed by atoms with Crippen LogP contribution >= 0.6 is 0 Å². The van der Waals surface area contributed by atoms with Gasteiger partial charge in [0.1, 0.15) is 0 Å². The van der Waals surface area contributed by atoms with Crippen molar-refractivity contribution in [2.24, 2.45) is 11.3 Å². The summed E-state index contributed by atoms with van der Waals surface area (Å²) in [7, 11) is 0. The molecule has 1 aromatic carbocycles. The fraction of sp³-hybridized carbons (Fsp3) is 0.731. The Balaban J connectivity index is 1.42. The van der Waals surface area contributed by atoms with E-state index >= 15 is 0 Å². The second-order valence-corrected chi connectivity index (χ2v) is 11.1. The number of fused-ring (bicyclic) bond motifs is 2. The van der Waals surface area contributed by atoms with E-state index in [9.17, 15) is 4.79 Å². The third kappa shape index (κ3) is 4.26. The number of piperidine rings is 1. The van der Waals surface area contributed by atoms with Gasteiger partial charge < -0.3 is 10.2 Å². The lowest BCUT2D eigenvalue weighted by molar-refractivity contribution is -0.119. The van der Waals surface area contributed by atoms with Crippen molar-refractivity contribution in [3.63, 3.8) is 0 Å². The topological polar surface area (TPSA) is 32.3 Å². The Labute approximate surface area is 177 Å². The molecule has 160 valence electrons. The van der Waals surface area contributed by atoms with Gasteiger partial charge in [-0.1, -0.05) is 45.0 Å². The third-order valence-corrected chi connectivity index (χ3v) is 8.39. The number of likely N-dealkylation sites (tertiary alicyclic amines) is 1. The van der Waals surface area contributed by atoms with Gasteiger partial charge in [-0.2, -0.15) is 0 Å². The number of carbonyl (C=O) groups is 1. The normalized spacial score (nSPS) is 30.0. The second-order valence-electron chi connectivity index (χ2n) is 11.1. The highest BCUT2D eigenvalue weighted by molar-refractivity contribution is 5.73. The van der Waals surface area contributed by atoms with Crippen LogP contribution in [0.5, 0.6) is 0 Å². The summed E-state index contributed by atoms with van der Waals surface area (Å²) < 4.78 is 0. The molecule has 3 aliphatic rings. The molecule has 1 amide bonds. The maximum Gasteiger partial charge on any atom is 0.217 e. The number of benzene rings is 1. The van der Waals surface area contributed by atoms with Crippen LogP contribution in [-0.2, 0) is 10.2 Å². The van der Waals surface area contributed by atoms with E-state index in [1.807, 2.05) is 0 Å². The van der Waals surface area contributed by atoms with Gasteiger partial charge in [0.25, 0.3) is 0 Å². The Bertz CT molecular complexity index is 718. The average Bonchev–Trinajstić information content (AvgIpc) is 2.70. The monoisotopic (exact) mass is 396 g/mol. The van der Waals surface area contributed by atoms with Crippen molar-refractivity contribution in [2.75, 3.05) is 13.1 Å². The van der Waals surface area contributed by atoms with Gasteiger partial charge in [-0.15, -0.1) is 0 Å². The molecule has 1 saturated heterocycles. The molecule has 1 aromatic rings. The van der Waals surface area contributed by atoms with Crippen LogP contribution in [0.25, 0.3) is 0 Å². The standard InChI is InChI=1S/C26H40N2O/c1-19(29)27-24-13-14-26(23-8-6-5-7-22(23)24)15-17-28(18-16-26)21-11-9-20(10-12-21)25(2,3)4/h5-8,20-21,24H,9-18H2,1-4H3,(H,27,29)/t20?,21?,24-/m0/s1.